The van der Waals surface area contributed by atoms with Crippen LogP contribution >= 0.6 is 0 Å². The van der Waals surface area contributed by atoms with Gasteiger partial charge < -0.3 is 0 Å². The molecule has 0 bridgehead atoms. The van der Waals surface area contributed by atoms with Gasteiger partial charge in [-0.15, -0.1) is 0 Å². The zero-order valence-electron chi connectivity index (χ0n) is 7.05. The summed E-state index contributed by atoms with van der Waals surface area (Å²) in [6.45, 7) is 0. The largest absolute Gasteiger partial charge is 0.416 e. The number of nitriles is 1. The summed E-state index contributed by atoms with van der Waals surface area (Å²) in [7, 11) is 0. The Morgan fingerprint density at radius 3 is 2.43 bits per heavy atom. The van der Waals surface area contributed by atoms with Gasteiger partial charge in [0.15, 0.2) is 0 Å². The van der Waals surface area contributed by atoms with Gasteiger partial charge in [0.1, 0.15) is 0 Å². The van der Waals surface area contributed by atoms with E-state index in [1.807, 2.05) is 0 Å². The van der Waals surface area contributed by atoms with Gasteiger partial charge in [0.05, 0.1) is 11.6 Å². The van der Waals surface area contributed by atoms with Gasteiger partial charge in [-0.2, -0.15) is 18.4 Å². The molecule has 4 heteroatoms. The molecular weight excluding hydrogens is 191 g/mol. The predicted molar refractivity (Wildman–Crippen MR) is 46.1 cm³/mol. The van der Waals surface area contributed by atoms with Crippen LogP contribution in [0.1, 0.15) is 11.1 Å². The summed E-state index contributed by atoms with van der Waals surface area (Å²) in [5, 5.41) is 8.20. The van der Waals surface area contributed by atoms with Crippen molar-refractivity contribution < 1.29 is 13.2 Å². The van der Waals surface area contributed by atoms with Crippen LogP contribution in [-0.2, 0) is 6.18 Å². The summed E-state index contributed by atoms with van der Waals surface area (Å²) < 4.78 is 37.1. The normalized spacial score (nSPS) is 11.6. The first-order valence-electron chi connectivity index (χ1n) is 3.78. The molecule has 0 unspecified atom stereocenters. The Balaban J connectivity index is 3.18. The second-order valence-corrected chi connectivity index (χ2v) is 2.55. The highest BCUT2D eigenvalue weighted by Gasteiger charge is 2.32. The van der Waals surface area contributed by atoms with Crippen molar-refractivity contribution in [2.75, 3.05) is 0 Å². The highest BCUT2D eigenvalue weighted by atomic mass is 19.4. The Morgan fingerprint density at radius 2 is 1.86 bits per heavy atom. The lowest BCUT2D eigenvalue weighted by Gasteiger charge is -2.08. The van der Waals surface area contributed by atoms with Crippen molar-refractivity contribution in [3.63, 3.8) is 0 Å². The number of benzene rings is 1. The first-order chi connectivity index (χ1) is 6.55. The molecule has 0 amide bonds. The molecule has 0 fully saturated rings. The average molecular weight is 197 g/mol. The minimum atomic E-state index is -4.38. The maximum absolute atomic E-state index is 12.4. The van der Waals surface area contributed by atoms with E-state index in [0.29, 0.717) is 0 Å². The molecule has 0 spiro atoms. The van der Waals surface area contributed by atoms with Crippen molar-refractivity contribution in [2.45, 2.75) is 6.18 Å². The molecule has 0 radical (unpaired) electrons. The third-order valence-corrected chi connectivity index (χ3v) is 1.60. The molecular formula is C10H6F3N. The summed E-state index contributed by atoms with van der Waals surface area (Å²) in [4.78, 5) is 0. The van der Waals surface area contributed by atoms with E-state index in [1.165, 1.54) is 18.2 Å². The second kappa shape index (κ2) is 3.97. The molecule has 0 heterocycles. The van der Waals surface area contributed by atoms with Gasteiger partial charge in [-0.1, -0.05) is 18.2 Å². The van der Waals surface area contributed by atoms with Crippen molar-refractivity contribution in [1.82, 2.24) is 0 Å². The third kappa shape index (κ3) is 2.36. The highest BCUT2D eigenvalue weighted by molar-refractivity contribution is 5.56. The smallest absolute Gasteiger partial charge is 0.193 e. The third-order valence-electron chi connectivity index (χ3n) is 1.60. The minimum Gasteiger partial charge on any atom is -0.193 e. The van der Waals surface area contributed by atoms with E-state index in [9.17, 15) is 13.2 Å². The van der Waals surface area contributed by atoms with Crippen LogP contribution in [0.25, 0.3) is 6.08 Å². The Kier molecular flexibility index (Phi) is 2.92. The summed E-state index contributed by atoms with van der Waals surface area (Å²) in [5.74, 6) is 0. The van der Waals surface area contributed by atoms with Crippen molar-refractivity contribution in [2.24, 2.45) is 0 Å². The number of allylic oxidation sites excluding steroid dienone is 1. The van der Waals surface area contributed by atoms with E-state index < -0.39 is 11.7 Å². The Hall–Kier alpha value is -1.76. The molecule has 1 nitrogen and oxygen atoms in total. The maximum Gasteiger partial charge on any atom is 0.416 e. The Morgan fingerprint density at radius 1 is 1.21 bits per heavy atom. The van der Waals surface area contributed by atoms with E-state index >= 15 is 0 Å². The van der Waals surface area contributed by atoms with Gasteiger partial charge in [0.2, 0.25) is 0 Å². The first-order valence-corrected chi connectivity index (χ1v) is 3.78. The minimum absolute atomic E-state index is 0.00144. The molecule has 0 aliphatic carbocycles. The van der Waals surface area contributed by atoms with Crippen molar-refractivity contribution >= 4 is 6.08 Å². The van der Waals surface area contributed by atoms with Crippen LogP contribution < -0.4 is 0 Å². The number of halogens is 3. The summed E-state index contributed by atoms with van der Waals surface area (Å²) in [6.07, 6.45) is -2.22. The zero-order chi connectivity index (χ0) is 10.6. The summed E-state index contributed by atoms with van der Waals surface area (Å²) >= 11 is 0. The predicted octanol–water partition coefficient (Wildman–Crippen LogP) is 3.24. The van der Waals surface area contributed by atoms with Gasteiger partial charge in [0, 0.05) is 6.08 Å². The Bertz CT molecular complexity index is 385. The van der Waals surface area contributed by atoms with Crippen LogP contribution in [-0.4, -0.2) is 0 Å². The van der Waals surface area contributed by atoms with Gasteiger partial charge in [-0.25, -0.2) is 0 Å². The fourth-order valence-electron chi connectivity index (χ4n) is 1.03. The van der Waals surface area contributed by atoms with Crippen molar-refractivity contribution in [1.29, 1.82) is 5.26 Å². The lowest BCUT2D eigenvalue weighted by atomic mass is 10.1. The van der Waals surface area contributed by atoms with Crippen LogP contribution in [0, 0.1) is 11.3 Å². The molecule has 0 aliphatic heterocycles. The van der Waals surface area contributed by atoms with E-state index in [2.05, 4.69) is 0 Å². The van der Waals surface area contributed by atoms with E-state index in [1.54, 1.807) is 6.07 Å². The molecule has 0 aromatic heterocycles. The van der Waals surface area contributed by atoms with Crippen LogP contribution in [0.5, 0.6) is 0 Å². The lowest BCUT2D eigenvalue weighted by Crippen LogP contribution is -2.06. The maximum atomic E-state index is 12.4. The van der Waals surface area contributed by atoms with E-state index in [0.717, 1.165) is 18.2 Å². The second-order valence-electron chi connectivity index (χ2n) is 2.55. The zero-order valence-corrected chi connectivity index (χ0v) is 7.05. The van der Waals surface area contributed by atoms with Crippen LogP contribution in [0.4, 0.5) is 13.2 Å². The van der Waals surface area contributed by atoms with Crippen LogP contribution in [0.3, 0.4) is 0 Å². The van der Waals surface area contributed by atoms with Crippen LogP contribution in [0.2, 0.25) is 0 Å². The molecule has 0 saturated heterocycles. The molecule has 0 N–H and O–H groups in total. The average Bonchev–Trinajstić information content (AvgIpc) is 2.14. The topological polar surface area (TPSA) is 23.8 Å². The van der Waals surface area contributed by atoms with Gasteiger partial charge in [-0.3, -0.25) is 0 Å². The van der Waals surface area contributed by atoms with Crippen molar-refractivity contribution in [3.8, 4) is 6.07 Å². The van der Waals surface area contributed by atoms with Crippen LogP contribution in [0.15, 0.2) is 30.3 Å². The molecule has 0 aliphatic rings. The fraction of sp³-hybridized carbons (Fsp3) is 0.100. The standard InChI is InChI=1S/C10H6F3N/c11-10(12,13)9-6-2-1-4-8(9)5-3-7-14/h1-6H. The summed E-state index contributed by atoms with van der Waals surface area (Å²) in [5.41, 5.74) is -0.729. The number of hydrogen-bond donors (Lipinski definition) is 0. The molecule has 1 rings (SSSR count). The molecule has 72 valence electrons. The Labute approximate surface area is 79.1 Å². The van der Waals surface area contributed by atoms with Gasteiger partial charge in [0.25, 0.3) is 0 Å². The van der Waals surface area contributed by atoms with E-state index in [-0.39, 0.29) is 5.56 Å². The molecule has 0 saturated carbocycles. The number of hydrogen-bond acceptors (Lipinski definition) is 1. The summed E-state index contributed by atoms with van der Waals surface area (Å²) in [6, 6.07) is 6.75. The number of nitrogens with zero attached hydrogens (tertiary/aromatic N) is 1. The van der Waals surface area contributed by atoms with Crippen molar-refractivity contribution in [3.05, 3.63) is 41.5 Å². The number of rotatable bonds is 1. The quantitative estimate of drug-likeness (QED) is 0.634. The number of alkyl halides is 3. The molecule has 1 aromatic rings. The molecule has 14 heavy (non-hydrogen) atoms. The first kappa shape index (κ1) is 10.3. The van der Waals surface area contributed by atoms with E-state index in [4.69, 9.17) is 5.26 Å². The monoisotopic (exact) mass is 197 g/mol. The SMILES string of the molecule is N#CC=Cc1ccccc1C(F)(F)F. The van der Waals surface area contributed by atoms with Gasteiger partial charge >= 0.3 is 6.18 Å². The fourth-order valence-corrected chi connectivity index (χ4v) is 1.03. The van der Waals surface area contributed by atoms with Gasteiger partial charge in [-0.05, 0) is 17.7 Å². The lowest BCUT2D eigenvalue weighted by molar-refractivity contribution is -0.137. The highest BCUT2D eigenvalue weighted by Crippen LogP contribution is 2.32. The molecule has 1 aromatic carbocycles. The molecule has 0 atom stereocenters.